The molecule has 1 aliphatic rings. The maximum atomic E-state index is 13.2. The third-order valence-electron chi connectivity index (χ3n) is 6.53. The fraction of sp³-hybridized carbons (Fsp3) is 0.286. The Morgan fingerprint density at radius 2 is 1.71 bits per heavy atom. The van der Waals surface area contributed by atoms with Gasteiger partial charge in [0.25, 0.3) is 0 Å². The van der Waals surface area contributed by atoms with Crippen LogP contribution in [0.25, 0.3) is 5.65 Å². The largest absolute Gasteiger partial charge is 0.453 e. The van der Waals surface area contributed by atoms with Gasteiger partial charge in [-0.15, -0.1) is 0 Å². The van der Waals surface area contributed by atoms with Crippen LogP contribution in [0.15, 0.2) is 72.9 Å². The van der Waals surface area contributed by atoms with Crippen molar-refractivity contribution in [2.75, 3.05) is 25.6 Å². The molecule has 2 aromatic heterocycles. The van der Waals surface area contributed by atoms with Gasteiger partial charge >= 0.3 is 5.97 Å². The third kappa shape index (κ3) is 4.40. The molecule has 0 saturated carbocycles. The Labute approximate surface area is 204 Å². The minimum Gasteiger partial charge on any atom is -0.453 e. The van der Waals surface area contributed by atoms with E-state index in [0.717, 1.165) is 33.8 Å². The Hall–Kier alpha value is -3.68. The highest BCUT2D eigenvalue weighted by molar-refractivity contribution is 5.89. The summed E-state index contributed by atoms with van der Waals surface area (Å²) in [4.78, 5) is 18.0. The van der Waals surface area contributed by atoms with Gasteiger partial charge < -0.3 is 23.9 Å². The van der Waals surface area contributed by atoms with E-state index in [9.17, 15) is 4.79 Å². The van der Waals surface area contributed by atoms with Crippen molar-refractivity contribution in [3.8, 4) is 0 Å². The van der Waals surface area contributed by atoms with Crippen molar-refractivity contribution in [3.05, 3.63) is 101 Å². The van der Waals surface area contributed by atoms with Crippen molar-refractivity contribution in [1.29, 1.82) is 0 Å². The molecular weight excluding hydrogens is 442 g/mol. The molecule has 0 amide bonds. The molecule has 0 aliphatic carbocycles. The number of aromatic nitrogens is 2. The lowest BCUT2D eigenvalue weighted by atomic mass is 9.88. The first-order valence-electron chi connectivity index (χ1n) is 11.7. The molecule has 0 spiro atoms. The first kappa shape index (κ1) is 23.1. The zero-order valence-corrected chi connectivity index (χ0v) is 20.1. The maximum absolute atomic E-state index is 13.2. The lowest BCUT2D eigenvalue weighted by Crippen LogP contribution is -2.41. The third-order valence-corrected chi connectivity index (χ3v) is 6.53. The van der Waals surface area contributed by atoms with Gasteiger partial charge in [0.05, 0.1) is 36.2 Å². The Bertz CT molecular complexity index is 1320. The molecule has 2 aromatic carbocycles. The van der Waals surface area contributed by atoms with Crippen LogP contribution in [0.5, 0.6) is 0 Å². The molecule has 0 unspecified atom stereocenters. The molecule has 1 N–H and O–H groups in total. The summed E-state index contributed by atoms with van der Waals surface area (Å²) in [6, 6.07) is 20.7. The Kier molecular flexibility index (Phi) is 6.53. The smallest absolute Gasteiger partial charge is 0.338 e. The molecule has 3 atom stereocenters. The van der Waals surface area contributed by atoms with Gasteiger partial charge in [-0.05, 0) is 37.6 Å². The Morgan fingerprint density at radius 3 is 2.43 bits per heavy atom. The quantitative estimate of drug-likeness (QED) is 0.300. The first-order chi connectivity index (χ1) is 17.1. The summed E-state index contributed by atoms with van der Waals surface area (Å²) < 4.78 is 19.9. The van der Waals surface area contributed by atoms with Crippen LogP contribution in [-0.2, 0) is 14.2 Å². The van der Waals surface area contributed by atoms with Crippen LogP contribution in [-0.4, -0.2) is 41.8 Å². The topological polar surface area (TPSA) is 74.1 Å². The number of benzene rings is 2. The number of hydrogen-bond donors (Lipinski definition) is 1. The fourth-order valence-electron chi connectivity index (χ4n) is 4.60. The number of anilines is 1. The van der Waals surface area contributed by atoms with Crippen LogP contribution in [0.4, 0.5) is 5.69 Å². The van der Waals surface area contributed by atoms with Crippen LogP contribution >= 0.6 is 0 Å². The van der Waals surface area contributed by atoms with Gasteiger partial charge in [0, 0.05) is 24.6 Å². The number of nitrogens with one attached hydrogen (secondary N) is 1. The summed E-state index contributed by atoms with van der Waals surface area (Å²) in [6.45, 7) is 4.84. The maximum Gasteiger partial charge on any atom is 0.338 e. The van der Waals surface area contributed by atoms with Crippen LogP contribution in [0.3, 0.4) is 0 Å². The highest BCUT2D eigenvalue weighted by atomic mass is 16.6. The molecule has 7 nitrogen and oxygen atoms in total. The van der Waals surface area contributed by atoms with Crippen molar-refractivity contribution in [2.24, 2.45) is 0 Å². The molecule has 4 aromatic rings. The van der Waals surface area contributed by atoms with Gasteiger partial charge in [0.2, 0.25) is 0 Å². The predicted octanol–water partition coefficient (Wildman–Crippen LogP) is 5.05. The summed E-state index contributed by atoms with van der Waals surface area (Å²) in [5.74, 6) is -0.393. The number of esters is 1. The number of rotatable bonds is 7. The monoisotopic (exact) mass is 471 g/mol. The van der Waals surface area contributed by atoms with Crippen molar-refractivity contribution in [1.82, 2.24) is 9.38 Å². The van der Waals surface area contributed by atoms with Gasteiger partial charge in [0.1, 0.15) is 6.10 Å². The number of methoxy groups -OCH3 is 1. The van der Waals surface area contributed by atoms with E-state index in [1.807, 2.05) is 67.7 Å². The van der Waals surface area contributed by atoms with Crippen LogP contribution in [0.1, 0.15) is 45.0 Å². The van der Waals surface area contributed by atoms with Crippen LogP contribution in [0, 0.1) is 13.8 Å². The number of pyridine rings is 1. The summed E-state index contributed by atoms with van der Waals surface area (Å²) in [6.07, 6.45) is 0.868. The molecule has 5 rings (SSSR count). The number of ether oxygens (including phenoxy) is 3. The molecule has 0 saturated heterocycles. The number of carbonyl (C=O) groups is 1. The summed E-state index contributed by atoms with van der Waals surface area (Å²) in [5.41, 5.74) is 6.14. The van der Waals surface area contributed by atoms with Crippen molar-refractivity contribution < 1.29 is 19.0 Å². The standard InChI is InChI=1S/C28H29N3O4/c1-18-19(2)31-15-14-22-24(27(31)29-18)30-23(20-10-6-4-7-11-20)26(25(22)34-17-16-33-3)35-28(32)21-12-8-5-9-13-21/h4-15,23,25-26,30H,16-17H2,1-3H3/t23-,25+,26-/m1/s1. The fourth-order valence-corrected chi connectivity index (χ4v) is 4.60. The summed E-state index contributed by atoms with van der Waals surface area (Å²) in [5, 5.41) is 3.65. The number of hydrogen-bond acceptors (Lipinski definition) is 6. The molecule has 0 bridgehead atoms. The lowest BCUT2D eigenvalue weighted by molar-refractivity contribution is -0.0742. The molecular formula is C28H29N3O4. The normalized spacial score (nSPS) is 19.2. The number of imidazole rings is 1. The molecule has 3 heterocycles. The zero-order valence-electron chi connectivity index (χ0n) is 20.1. The molecule has 7 heteroatoms. The molecule has 180 valence electrons. The average Bonchev–Trinajstić information content (AvgIpc) is 3.19. The second-order valence-electron chi connectivity index (χ2n) is 8.68. The molecule has 35 heavy (non-hydrogen) atoms. The summed E-state index contributed by atoms with van der Waals surface area (Å²) in [7, 11) is 1.64. The Balaban J connectivity index is 1.63. The molecule has 1 aliphatic heterocycles. The van der Waals surface area contributed by atoms with E-state index >= 15 is 0 Å². The van der Waals surface area contributed by atoms with Crippen molar-refractivity contribution >= 4 is 17.3 Å². The Morgan fingerprint density at radius 1 is 1.00 bits per heavy atom. The van der Waals surface area contributed by atoms with Crippen LogP contribution < -0.4 is 5.32 Å². The van der Waals surface area contributed by atoms with E-state index in [1.165, 1.54) is 0 Å². The highest BCUT2D eigenvalue weighted by Crippen LogP contribution is 2.44. The average molecular weight is 472 g/mol. The summed E-state index contributed by atoms with van der Waals surface area (Å²) >= 11 is 0. The molecule has 0 fully saturated rings. The first-order valence-corrected chi connectivity index (χ1v) is 11.7. The highest BCUT2D eigenvalue weighted by Gasteiger charge is 2.42. The van der Waals surface area contributed by atoms with E-state index in [1.54, 1.807) is 19.2 Å². The van der Waals surface area contributed by atoms with Gasteiger partial charge in [-0.25, -0.2) is 9.78 Å². The van der Waals surface area contributed by atoms with E-state index in [-0.39, 0.29) is 6.04 Å². The number of carbonyl (C=O) groups excluding carboxylic acids is 1. The predicted molar refractivity (Wildman–Crippen MR) is 134 cm³/mol. The lowest BCUT2D eigenvalue weighted by Gasteiger charge is -2.40. The van der Waals surface area contributed by atoms with Gasteiger partial charge in [0.15, 0.2) is 11.8 Å². The van der Waals surface area contributed by atoms with Crippen molar-refractivity contribution in [3.63, 3.8) is 0 Å². The number of aryl methyl sites for hydroxylation is 2. The van der Waals surface area contributed by atoms with E-state index in [4.69, 9.17) is 19.2 Å². The van der Waals surface area contributed by atoms with Crippen molar-refractivity contribution in [2.45, 2.75) is 32.1 Å². The van der Waals surface area contributed by atoms with Gasteiger partial charge in [-0.2, -0.15) is 0 Å². The number of nitrogens with zero attached hydrogens (tertiary/aromatic N) is 2. The molecule has 0 radical (unpaired) electrons. The van der Waals surface area contributed by atoms with E-state index < -0.39 is 18.2 Å². The number of fused-ring (bicyclic) bond motifs is 3. The second-order valence-corrected chi connectivity index (χ2v) is 8.68. The zero-order chi connectivity index (χ0) is 24.4. The SMILES string of the molecule is COCCO[C@H]1c2ccn3c(C)c(C)nc3c2N[C@H](c2ccccc2)[C@H]1OC(=O)c1ccccc1. The van der Waals surface area contributed by atoms with E-state index in [2.05, 4.69) is 16.6 Å². The minimum atomic E-state index is -0.617. The minimum absolute atomic E-state index is 0.340. The van der Waals surface area contributed by atoms with Crippen LogP contribution in [0.2, 0.25) is 0 Å². The second kappa shape index (κ2) is 9.90. The van der Waals surface area contributed by atoms with E-state index in [0.29, 0.717) is 18.8 Å². The van der Waals surface area contributed by atoms with Gasteiger partial charge in [-0.3, -0.25) is 0 Å². The van der Waals surface area contributed by atoms with Gasteiger partial charge in [-0.1, -0.05) is 48.5 Å².